The summed E-state index contributed by atoms with van der Waals surface area (Å²) in [6, 6.07) is 14.0. The molecule has 2 aromatic carbocycles. The van der Waals surface area contributed by atoms with E-state index in [4.69, 9.17) is 0 Å². The maximum atomic E-state index is 10.7. The second kappa shape index (κ2) is 11.6. The van der Waals surface area contributed by atoms with Crippen molar-refractivity contribution in [2.45, 2.75) is 98.5 Å². The van der Waals surface area contributed by atoms with E-state index < -0.39 is 5.60 Å². The summed E-state index contributed by atoms with van der Waals surface area (Å²) in [4.78, 5) is 4.50. The Labute approximate surface area is 219 Å². The average Bonchev–Trinajstić information content (AvgIpc) is 2.89. The summed E-state index contributed by atoms with van der Waals surface area (Å²) in [5.74, 6) is 0. The van der Waals surface area contributed by atoms with Crippen LogP contribution in [0.1, 0.15) is 99.2 Å². The van der Waals surface area contributed by atoms with Crippen molar-refractivity contribution < 1.29 is 5.11 Å². The number of pyridine rings is 1. The van der Waals surface area contributed by atoms with Gasteiger partial charge in [-0.05, 0) is 103 Å². The molecule has 3 rings (SSSR count). The van der Waals surface area contributed by atoms with Gasteiger partial charge in [0.05, 0.1) is 5.60 Å². The zero-order valence-electron chi connectivity index (χ0n) is 23.7. The quantitative estimate of drug-likeness (QED) is 0.312. The van der Waals surface area contributed by atoms with E-state index in [1.165, 1.54) is 50.1 Å². The highest BCUT2D eigenvalue weighted by molar-refractivity contribution is 5.72. The molecular formula is C34H45NO. The zero-order valence-corrected chi connectivity index (χ0v) is 23.7. The minimum absolute atomic E-state index is 0.0435. The standard InChI is InChI=1S/C34H45NO/c1-9-27-21-29(23-35-22-27)32-25(7)19-31(20-26(32)8)34(12-4,13-5)30-15-14-28(24(6)18-30)16-17-33(36,10-2)11-3/h14-23,36H,9-13H2,1-8H3/b17-16+. The number of hydrogen-bond acceptors (Lipinski definition) is 2. The molecule has 0 fully saturated rings. The topological polar surface area (TPSA) is 33.1 Å². The van der Waals surface area contributed by atoms with Crippen molar-refractivity contribution in [1.82, 2.24) is 4.98 Å². The molecule has 2 heteroatoms. The zero-order chi connectivity index (χ0) is 26.5. The molecule has 0 aliphatic heterocycles. The van der Waals surface area contributed by atoms with Crippen LogP contribution in [0, 0.1) is 20.8 Å². The van der Waals surface area contributed by atoms with Crippen molar-refractivity contribution in [2.24, 2.45) is 0 Å². The average molecular weight is 484 g/mol. The molecule has 1 heterocycles. The van der Waals surface area contributed by atoms with Crippen molar-refractivity contribution in [3.8, 4) is 11.1 Å². The molecule has 0 amide bonds. The van der Waals surface area contributed by atoms with Gasteiger partial charge in [0.15, 0.2) is 0 Å². The molecule has 0 unspecified atom stereocenters. The van der Waals surface area contributed by atoms with E-state index in [-0.39, 0.29) is 5.41 Å². The molecule has 2 nitrogen and oxygen atoms in total. The van der Waals surface area contributed by atoms with Crippen LogP contribution in [0.5, 0.6) is 0 Å². The number of nitrogens with zero attached hydrogens (tertiary/aromatic N) is 1. The minimum Gasteiger partial charge on any atom is -0.386 e. The Morgan fingerprint density at radius 2 is 1.36 bits per heavy atom. The summed E-state index contributed by atoms with van der Waals surface area (Å²) in [6.45, 7) is 17.5. The number of aromatic nitrogens is 1. The Hall–Kier alpha value is -2.71. The van der Waals surface area contributed by atoms with Crippen LogP contribution in [0.15, 0.2) is 54.9 Å². The number of benzene rings is 2. The van der Waals surface area contributed by atoms with E-state index >= 15 is 0 Å². The third-order valence-electron chi connectivity index (χ3n) is 8.40. The molecule has 0 aliphatic rings. The molecule has 36 heavy (non-hydrogen) atoms. The first kappa shape index (κ1) is 27.9. The van der Waals surface area contributed by atoms with Crippen LogP contribution < -0.4 is 0 Å². The van der Waals surface area contributed by atoms with Crippen LogP contribution in [-0.4, -0.2) is 15.7 Å². The Balaban J connectivity index is 2.07. The normalized spacial score (nSPS) is 12.5. The van der Waals surface area contributed by atoms with Crippen molar-refractivity contribution in [3.63, 3.8) is 0 Å². The highest BCUT2D eigenvalue weighted by Gasteiger charge is 2.32. The highest BCUT2D eigenvalue weighted by Crippen LogP contribution is 2.42. The predicted octanol–water partition coefficient (Wildman–Crippen LogP) is 8.91. The smallest absolute Gasteiger partial charge is 0.0825 e. The molecule has 0 bridgehead atoms. The molecular weight excluding hydrogens is 438 g/mol. The van der Waals surface area contributed by atoms with Gasteiger partial charge in [0.1, 0.15) is 0 Å². The van der Waals surface area contributed by atoms with Gasteiger partial charge in [0.2, 0.25) is 0 Å². The van der Waals surface area contributed by atoms with Gasteiger partial charge in [0, 0.05) is 23.4 Å². The van der Waals surface area contributed by atoms with E-state index in [0.29, 0.717) is 0 Å². The molecule has 0 spiro atoms. The maximum absolute atomic E-state index is 10.7. The van der Waals surface area contributed by atoms with Gasteiger partial charge < -0.3 is 5.11 Å². The SMILES string of the molecule is CCc1cncc(-c2c(C)cc(C(CC)(CC)c3ccc(/C=C/C(O)(CC)CC)c(C)c3)cc2C)c1. The first-order valence-electron chi connectivity index (χ1n) is 13.8. The monoisotopic (exact) mass is 483 g/mol. The van der Waals surface area contributed by atoms with Crippen molar-refractivity contribution >= 4 is 6.08 Å². The van der Waals surface area contributed by atoms with E-state index in [0.717, 1.165) is 32.1 Å². The summed E-state index contributed by atoms with van der Waals surface area (Å²) < 4.78 is 0. The van der Waals surface area contributed by atoms with Crippen LogP contribution in [0.4, 0.5) is 0 Å². The van der Waals surface area contributed by atoms with Gasteiger partial charge in [-0.1, -0.05) is 77.1 Å². The van der Waals surface area contributed by atoms with Crippen LogP contribution in [0.3, 0.4) is 0 Å². The van der Waals surface area contributed by atoms with Crippen molar-refractivity contribution in [3.05, 3.63) is 93.8 Å². The van der Waals surface area contributed by atoms with Gasteiger partial charge >= 0.3 is 0 Å². The van der Waals surface area contributed by atoms with Gasteiger partial charge in [-0.3, -0.25) is 4.98 Å². The number of hydrogen-bond donors (Lipinski definition) is 1. The molecule has 0 saturated carbocycles. The van der Waals surface area contributed by atoms with Crippen LogP contribution in [-0.2, 0) is 11.8 Å². The summed E-state index contributed by atoms with van der Waals surface area (Å²) in [5, 5.41) is 10.7. The lowest BCUT2D eigenvalue weighted by molar-refractivity contribution is 0.0836. The minimum atomic E-state index is -0.731. The molecule has 3 aromatic rings. The van der Waals surface area contributed by atoms with Crippen molar-refractivity contribution in [2.75, 3.05) is 0 Å². The summed E-state index contributed by atoms with van der Waals surface area (Å²) in [5.41, 5.74) is 10.8. The van der Waals surface area contributed by atoms with Crippen LogP contribution >= 0.6 is 0 Å². The molecule has 1 aromatic heterocycles. The van der Waals surface area contributed by atoms with Crippen molar-refractivity contribution in [1.29, 1.82) is 0 Å². The second-order valence-corrected chi connectivity index (χ2v) is 10.4. The molecule has 0 aliphatic carbocycles. The fourth-order valence-corrected chi connectivity index (χ4v) is 5.64. The third kappa shape index (κ3) is 5.49. The Morgan fingerprint density at radius 3 is 1.89 bits per heavy atom. The highest BCUT2D eigenvalue weighted by atomic mass is 16.3. The molecule has 0 atom stereocenters. The Morgan fingerprint density at radius 1 is 0.750 bits per heavy atom. The summed E-state index contributed by atoms with van der Waals surface area (Å²) in [6.07, 6.45) is 12.5. The van der Waals surface area contributed by atoms with Crippen LogP contribution in [0.2, 0.25) is 0 Å². The van der Waals surface area contributed by atoms with E-state index in [1.54, 1.807) is 0 Å². The predicted molar refractivity (Wildman–Crippen MR) is 156 cm³/mol. The first-order valence-corrected chi connectivity index (χ1v) is 13.8. The Bertz CT molecular complexity index is 1190. The first-order chi connectivity index (χ1) is 17.2. The lowest BCUT2D eigenvalue weighted by atomic mass is 9.69. The van der Waals surface area contributed by atoms with E-state index in [1.807, 2.05) is 32.3 Å². The third-order valence-corrected chi connectivity index (χ3v) is 8.40. The Kier molecular flexibility index (Phi) is 8.95. The summed E-state index contributed by atoms with van der Waals surface area (Å²) in [7, 11) is 0. The fraction of sp³-hybridized carbons (Fsp3) is 0.441. The van der Waals surface area contributed by atoms with E-state index in [9.17, 15) is 5.11 Å². The largest absolute Gasteiger partial charge is 0.386 e. The summed E-state index contributed by atoms with van der Waals surface area (Å²) >= 11 is 0. The second-order valence-electron chi connectivity index (χ2n) is 10.4. The lowest BCUT2D eigenvalue weighted by Gasteiger charge is -2.35. The molecule has 1 N–H and O–H groups in total. The molecule has 0 radical (unpaired) electrons. The lowest BCUT2D eigenvalue weighted by Crippen LogP contribution is -2.26. The number of rotatable bonds is 10. The fourth-order valence-electron chi connectivity index (χ4n) is 5.64. The van der Waals surface area contributed by atoms with E-state index in [2.05, 4.69) is 89.0 Å². The number of aryl methyl sites for hydroxylation is 4. The number of aliphatic hydroxyl groups is 1. The maximum Gasteiger partial charge on any atom is 0.0825 e. The van der Waals surface area contributed by atoms with Gasteiger partial charge in [-0.25, -0.2) is 0 Å². The van der Waals surface area contributed by atoms with Gasteiger partial charge in [0.25, 0.3) is 0 Å². The van der Waals surface area contributed by atoms with Gasteiger partial charge in [-0.2, -0.15) is 0 Å². The van der Waals surface area contributed by atoms with Gasteiger partial charge in [-0.15, -0.1) is 0 Å². The molecule has 192 valence electrons. The molecule has 0 saturated heterocycles. The van der Waals surface area contributed by atoms with Crippen LogP contribution in [0.25, 0.3) is 17.2 Å².